The van der Waals surface area contributed by atoms with Crippen molar-refractivity contribution in [3.05, 3.63) is 87.5 Å². The lowest BCUT2D eigenvalue weighted by Crippen LogP contribution is -2.14. The second kappa shape index (κ2) is 8.84. The van der Waals surface area contributed by atoms with E-state index in [9.17, 15) is 23.6 Å². The lowest BCUT2D eigenvalue weighted by atomic mass is 10.1. The molecule has 0 heterocycles. The molecule has 31 heavy (non-hydrogen) atoms. The number of hydrogen-bond acceptors (Lipinski definition) is 7. The zero-order chi connectivity index (χ0) is 22.6. The number of aryl methyl sites for hydroxylation is 2. The summed E-state index contributed by atoms with van der Waals surface area (Å²) >= 11 is 0. The first-order valence-electron chi connectivity index (χ1n) is 9.12. The minimum Gasteiger partial charge on any atom is -0.508 e. The number of aromatic hydroxyl groups is 1. The maximum Gasteiger partial charge on any atom is 0.295 e. The fraction of sp³-hybridized carbons (Fsp3) is 0.0952. The Morgan fingerprint density at radius 1 is 1.00 bits per heavy atom. The molecular weight excluding hydrogens is 420 g/mol. The summed E-state index contributed by atoms with van der Waals surface area (Å²) in [4.78, 5) is 10.6. The topological polar surface area (TPSA) is 134 Å². The predicted molar refractivity (Wildman–Crippen MR) is 119 cm³/mol. The molecular formula is C21H20N4O5S. The first-order valence-corrected chi connectivity index (χ1v) is 10.6. The van der Waals surface area contributed by atoms with E-state index >= 15 is 0 Å². The summed E-state index contributed by atoms with van der Waals surface area (Å²) in [5.41, 5.74) is 4.92. The molecule has 0 saturated carbocycles. The summed E-state index contributed by atoms with van der Waals surface area (Å²) in [7, 11) is -4.03. The van der Waals surface area contributed by atoms with Crippen LogP contribution in [-0.4, -0.2) is 24.7 Å². The van der Waals surface area contributed by atoms with Crippen LogP contribution in [0.25, 0.3) is 0 Å². The first-order chi connectivity index (χ1) is 14.7. The molecule has 0 aliphatic heterocycles. The Bertz CT molecular complexity index is 1260. The van der Waals surface area contributed by atoms with Crippen molar-refractivity contribution in [1.29, 1.82) is 0 Å². The van der Waals surface area contributed by atoms with Crippen LogP contribution in [-0.2, 0) is 10.0 Å². The summed E-state index contributed by atoms with van der Waals surface area (Å²) < 4.78 is 28.0. The van der Waals surface area contributed by atoms with Gasteiger partial charge in [0.05, 0.1) is 21.7 Å². The molecule has 0 bridgehead atoms. The van der Waals surface area contributed by atoms with Gasteiger partial charge in [-0.3, -0.25) is 20.3 Å². The van der Waals surface area contributed by atoms with Crippen molar-refractivity contribution in [2.45, 2.75) is 18.7 Å². The molecule has 3 aromatic carbocycles. The lowest BCUT2D eigenvalue weighted by molar-refractivity contribution is -0.384. The van der Waals surface area contributed by atoms with Crippen molar-refractivity contribution < 1.29 is 18.4 Å². The number of anilines is 2. The van der Waals surface area contributed by atoms with Crippen LogP contribution < -0.4 is 10.1 Å². The fourth-order valence-electron chi connectivity index (χ4n) is 2.79. The molecule has 10 heteroatoms. The van der Waals surface area contributed by atoms with Crippen LogP contribution >= 0.6 is 0 Å². The van der Waals surface area contributed by atoms with E-state index < -0.39 is 20.6 Å². The van der Waals surface area contributed by atoms with Gasteiger partial charge in [0, 0.05) is 6.07 Å². The second-order valence-electron chi connectivity index (χ2n) is 6.82. The summed E-state index contributed by atoms with van der Waals surface area (Å²) in [6.45, 7) is 3.66. The van der Waals surface area contributed by atoms with E-state index in [0.717, 1.165) is 17.2 Å². The van der Waals surface area contributed by atoms with E-state index in [1.54, 1.807) is 31.2 Å². The third kappa shape index (κ3) is 5.37. The van der Waals surface area contributed by atoms with Gasteiger partial charge in [-0.05, 0) is 67.4 Å². The zero-order valence-corrected chi connectivity index (χ0v) is 17.6. The molecule has 3 aromatic rings. The maximum atomic E-state index is 12.7. The SMILES string of the molecule is Cc1ccc(NS(=O)(=O)c2ccc(NN=Cc3ccc(O)cc3)c([N+](=O)[O-])c2)c(C)c1. The second-order valence-corrected chi connectivity index (χ2v) is 8.50. The van der Waals surface area contributed by atoms with Gasteiger partial charge >= 0.3 is 0 Å². The number of nitrogens with zero attached hydrogens (tertiary/aromatic N) is 2. The quantitative estimate of drug-likeness (QED) is 0.287. The predicted octanol–water partition coefficient (Wildman–Crippen LogP) is 4.16. The normalized spacial score (nSPS) is 11.4. The van der Waals surface area contributed by atoms with Crippen LogP contribution in [0.5, 0.6) is 5.75 Å². The number of rotatable bonds is 7. The Kier molecular flexibility index (Phi) is 6.21. The molecule has 0 aliphatic rings. The highest BCUT2D eigenvalue weighted by atomic mass is 32.2. The molecule has 0 radical (unpaired) electrons. The van der Waals surface area contributed by atoms with Crippen LogP contribution in [0, 0.1) is 24.0 Å². The minimum atomic E-state index is -4.03. The van der Waals surface area contributed by atoms with Crippen molar-refractivity contribution in [2.24, 2.45) is 5.10 Å². The van der Waals surface area contributed by atoms with Gasteiger partial charge in [0.25, 0.3) is 15.7 Å². The lowest BCUT2D eigenvalue weighted by Gasteiger charge is -2.12. The van der Waals surface area contributed by atoms with E-state index in [-0.39, 0.29) is 16.3 Å². The van der Waals surface area contributed by atoms with Gasteiger partial charge in [0.2, 0.25) is 0 Å². The molecule has 0 fully saturated rings. The number of nitro benzene ring substituents is 1. The van der Waals surface area contributed by atoms with Crippen LogP contribution in [0.4, 0.5) is 17.1 Å². The number of benzene rings is 3. The number of phenolic OH excluding ortho intramolecular Hbond substituents is 1. The number of nitro groups is 1. The van der Waals surface area contributed by atoms with Gasteiger partial charge in [-0.1, -0.05) is 17.7 Å². The summed E-state index contributed by atoms with van der Waals surface area (Å²) in [5, 5.41) is 24.7. The van der Waals surface area contributed by atoms with Gasteiger partial charge in [-0.15, -0.1) is 0 Å². The van der Waals surface area contributed by atoms with E-state index in [4.69, 9.17) is 0 Å². The molecule has 0 aliphatic carbocycles. The van der Waals surface area contributed by atoms with Gasteiger partial charge in [-0.25, -0.2) is 8.42 Å². The summed E-state index contributed by atoms with van der Waals surface area (Å²) in [6.07, 6.45) is 1.41. The Morgan fingerprint density at radius 3 is 2.32 bits per heavy atom. The molecule has 0 unspecified atom stereocenters. The van der Waals surface area contributed by atoms with E-state index in [0.29, 0.717) is 11.3 Å². The van der Waals surface area contributed by atoms with Crippen molar-refractivity contribution in [2.75, 3.05) is 10.1 Å². The number of hydrogen-bond donors (Lipinski definition) is 3. The molecule has 160 valence electrons. The standard InChI is InChI=1S/C21H20N4O5S/c1-14-3-9-19(15(2)11-14)24-31(29,30)18-8-10-20(21(12-18)25(27)28)23-22-13-16-4-6-17(26)7-5-16/h3-13,23-24,26H,1-2H3. The Labute approximate surface area is 179 Å². The molecule has 0 spiro atoms. The third-order valence-electron chi connectivity index (χ3n) is 4.39. The van der Waals surface area contributed by atoms with E-state index in [1.807, 2.05) is 13.0 Å². The van der Waals surface area contributed by atoms with E-state index in [1.165, 1.54) is 30.5 Å². The van der Waals surface area contributed by atoms with Crippen molar-refractivity contribution in [3.8, 4) is 5.75 Å². The van der Waals surface area contributed by atoms with Gasteiger partial charge in [0.1, 0.15) is 11.4 Å². The highest BCUT2D eigenvalue weighted by molar-refractivity contribution is 7.92. The summed E-state index contributed by atoms with van der Waals surface area (Å²) in [6, 6.07) is 15.0. The summed E-state index contributed by atoms with van der Waals surface area (Å²) in [5.74, 6) is 0.104. The van der Waals surface area contributed by atoms with Gasteiger partial charge in [0.15, 0.2) is 0 Å². The molecule has 0 amide bonds. The van der Waals surface area contributed by atoms with Crippen LogP contribution in [0.15, 0.2) is 70.7 Å². The highest BCUT2D eigenvalue weighted by Crippen LogP contribution is 2.29. The molecule has 0 aromatic heterocycles. The molecule has 0 atom stereocenters. The molecule has 0 saturated heterocycles. The Hall–Kier alpha value is -3.92. The van der Waals surface area contributed by atoms with Crippen molar-refractivity contribution in [1.82, 2.24) is 0 Å². The number of phenols is 1. The van der Waals surface area contributed by atoms with Crippen LogP contribution in [0.1, 0.15) is 16.7 Å². The van der Waals surface area contributed by atoms with Gasteiger partial charge in [-0.2, -0.15) is 5.10 Å². The Balaban J connectivity index is 1.85. The van der Waals surface area contributed by atoms with Gasteiger partial charge < -0.3 is 5.11 Å². The molecule has 3 N–H and O–H groups in total. The smallest absolute Gasteiger partial charge is 0.295 e. The molecule has 9 nitrogen and oxygen atoms in total. The fourth-order valence-corrected chi connectivity index (χ4v) is 3.94. The Morgan fingerprint density at radius 2 is 1.68 bits per heavy atom. The highest BCUT2D eigenvalue weighted by Gasteiger charge is 2.22. The third-order valence-corrected chi connectivity index (χ3v) is 5.76. The number of sulfonamides is 1. The minimum absolute atomic E-state index is 0.0329. The zero-order valence-electron chi connectivity index (χ0n) is 16.7. The van der Waals surface area contributed by atoms with Crippen molar-refractivity contribution >= 4 is 33.3 Å². The average Bonchev–Trinajstić information content (AvgIpc) is 2.71. The monoisotopic (exact) mass is 440 g/mol. The maximum absolute atomic E-state index is 12.7. The van der Waals surface area contributed by atoms with Crippen LogP contribution in [0.2, 0.25) is 0 Å². The van der Waals surface area contributed by atoms with Crippen molar-refractivity contribution in [3.63, 3.8) is 0 Å². The van der Waals surface area contributed by atoms with E-state index in [2.05, 4.69) is 15.2 Å². The number of nitrogens with one attached hydrogen (secondary N) is 2. The number of hydrazone groups is 1. The first kappa shape index (κ1) is 21.8. The largest absolute Gasteiger partial charge is 0.508 e. The molecule has 3 rings (SSSR count). The average molecular weight is 440 g/mol. The van der Waals surface area contributed by atoms with Crippen LogP contribution in [0.3, 0.4) is 0 Å².